The lowest BCUT2D eigenvalue weighted by atomic mass is 10.2. The van der Waals surface area contributed by atoms with Crippen LogP contribution < -0.4 is 15.2 Å². The van der Waals surface area contributed by atoms with Gasteiger partial charge in [-0.2, -0.15) is 0 Å². The summed E-state index contributed by atoms with van der Waals surface area (Å²) in [6.07, 6.45) is 0. The Labute approximate surface area is 107 Å². The lowest BCUT2D eigenvalue weighted by molar-refractivity contribution is -0.157. The van der Waals surface area contributed by atoms with Crippen molar-refractivity contribution in [2.24, 2.45) is 0 Å². The van der Waals surface area contributed by atoms with E-state index in [0.717, 1.165) is 0 Å². The number of ether oxygens (including phenoxy) is 3. The fraction of sp³-hybridized carbons (Fsp3) is 0.462. The monoisotopic (exact) mass is 253 g/mol. The molecular weight excluding hydrogens is 234 g/mol. The van der Waals surface area contributed by atoms with E-state index in [-0.39, 0.29) is 6.61 Å². The van der Waals surface area contributed by atoms with Gasteiger partial charge in [0, 0.05) is 6.07 Å². The molecule has 0 radical (unpaired) electrons. The number of carbonyl (C=O) groups excluding carboxylic acids is 1. The molecule has 1 rings (SSSR count). The topological polar surface area (TPSA) is 70.8 Å². The van der Waals surface area contributed by atoms with Crippen molar-refractivity contribution in [2.45, 2.75) is 26.4 Å². The molecule has 0 spiro atoms. The van der Waals surface area contributed by atoms with Crippen LogP contribution in [0.25, 0.3) is 0 Å². The first-order chi connectivity index (χ1) is 8.31. The number of carbonyl (C=O) groups is 1. The van der Waals surface area contributed by atoms with Gasteiger partial charge in [-0.3, -0.25) is 0 Å². The van der Waals surface area contributed by atoms with Crippen LogP contribution >= 0.6 is 0 Å². The highest BCUT2D eigenvalue weighted by Crippen LogP contribution is 2.26. The first kappa shape index (κ1) is 14.2. The fourth-order valence-electron chi connectivity index (χ4n) is 1.29. The van der Waals surface area contributed by atoms with Crippen molar-refractivity contribution >= 4 is 11.7 Å². The Morgan fingerprint density at radius 2 is 2.00 bits per heavy atom. The van der Waals surface area contributed by atoms with Gasteiger partial charge in [0.05, 0.1) is 12.8 Å². The zero-order chi connectivity index (χ0) is 13.8. The zero-order valence-corrected chi connectivity index (χ0v) is 11.1. The Balaban J connectivity index is 2.56. The largest absolute Gasteiger partial charge is 0.494 e. The number of nitrogens with two attached hydrogens (primary N) is 1. The highest BCUT2D eigenvalue weighted by Gasteiger charge is 2.16. The summed E-state index contributed by atoms with van der Waals surface area (Å²) in [4.78, 5) is 11.5. The molecule has 18 heavy (non-hydrogen) atoms. The highest BCUT2D eigenvalue weighted by atomic mass is 16.6. The molecule has 0 atom stereocenters. The number of hydrogen-bond donors (Lipinski definition) is 1. The SMILES string of the molecule is COc1cc(OCC(=O)OC(C)(C)C)ccc1N. The van der Waals surface area contributed by atoms with Gasteiger partial charge in [0.25, 0.3) is 0 Å². The van der Waals surface area contributed by atoms with E-state index in [1.807, 2.05) is 0 Å². The summed E-state index contributed by atoms with van der Waals surface area (Å²) in [6.45, 7) is 5.26. The van der Waals surface area contributed by atoms with Crippen LogP contribution in [-0.4, -0.2) is 25.3 Å². The quantitative estimate of drug-likeness (QED) is 0.656. The predicted octanol–water partition coefficient (Wildman–Crippen LogP) is 2.00. The third-order valence-electron chi connectivity index (χ3n) is 1.98. The second-order valence-corrected chi connectivity index (χ2v) is 4.78. The maximum atomic E-state index is 11.5. The number of methoxy groups -OCH3 is 1. The normalized spacial score (nSPS) is 10.9. The Morgan fingerprint density at radius 3 is 2.56 bits per heavy atom. The second kappa shape index (κ2) is 5.62. The van der Waals surface area contributed by atoms with Crippen molar-refractivity contribution in [3.8, 4) is 11.5 Å². The van der Waals surface area contributed by atoms with E-state index in [1.54, 1.807) is 39.0 Å². The summed E-state index contributed by atoms with van der Waals surface area (Å²) in [6, 6.07) is 4.95. The molecule has 100 valence electrons. The van der Waals surface area contributed by atoms with E-state index in [4.69, 9.17) is 19.9 Å². The van der Waals surface area contributed by atoms with E-state index in [1.165, 1.54) is 7.11 Å². The number of benzene rings is 1. The molecular formula is C13H19NO4. The van der Waals surface area contributed by atoms with Gasteiger partial charge in [0.15, 0.2) is 6.61 Å². The molecule has 5 nitrogen and oxygen atoms in total. The van der Waals surface area contributed by atoms with Gasteiger partial charge < -0.3 is 19.9 Å². The van der Waals surface area contributed by atoms with Gasteiger partial charge in [-0.15, -0.1) is 0 Å². The van der Waals surface area contributed by atoms with Crippen LogP contribution in [-0.2, 0) is 9.53 Å². The molecule has 0 heterocycles. The Hall–Kier alpha value is -1.91. The van der Waals surface area contributed by atoms with Crippen LogP contribution in [0.1, 0.15) is 20.8 Å². The number of nitrogen functional groups attached to an aromatic ring is 1. The smallest absolute Gasteiger partial charge is 0.344 e. The summed E-state index contributed by atoms with van der Waals surface area (Å²) < 4.78 is 15.5. The molecule has 0 aromatic heterocycles. The standard InChI is InChI=1S/C13H19NO4/c1-13(2,3)18-12(15)8-17-9-5-6-10(14)11(7-9)16-4/h5-7H,8,14H2,1-4H3. The number of anilines is 1. The summed E-state index contributed by atoms with van der Waals surface area (Å²) >= 11 is 0. The predicted molar refractivity (Wildman–Crippen MR) is 68.7 cm³/mol. The lowest BCUT2D eigenvalue weighted by Gasteiger charge is -2.19. The van der Waals surface area contributed by atoms with Crippen molar-refractivity contribution in [1.29, 1.82) is 0 Å². The minimum absolute atomic E-state index is 0.148. The van der Waals surface area contributed by atoms with Crippen molar-refractivity contribution in [3.63, 3.8) is 0 Å². The van der Waals surface area contributed by atoms with E-state index in [9.17, 15) is 4.79 Å². The molecule has 0 aliphatic rings. The van der Waals surface area contributed by atoms with Gasteiger partial charge in [-0.05, 0) is 32.9 Å². The third kappa shape index (κ3) is 4.53. The maximum absolute atomic E-state index is 11.5. The minimum Gasteiger partial charge on any atom is -0.494 e. The molecule has 0 aliphatic heterocycles. The minimum atomic E-state index is -0.515. The Bertz CT molecular complexity index is 423. The molecule has 2 N–H and O–H groups in total. The van der Waals surface area contributed by atoms with Crippen LogP contribution in [0.4, 0.5) is 5.69 Å². The molecule has 1 aromatic carbocycles. The molecule has 5 heteroatoms. The van der Waals surface area contributed by atoms with Crippen molar-refractivity contribution in [1.82, 2.24) is 0 Å². The molecule has 0 aliphatic carbocycles. The van der Waals surface area contributed by atoms with Crippen molar-refractivity contribution < 1.29 is 19.0 Å². The van der Waals surface area contributed by atoms with Gasteiger partial charge in [-0.1, -0.05) is 0 Å². The number of hydrogen-bond acceptors (Lipinski definition) is 5. The number of rotatable bonds is 4. The van der Waals surface area contributed by atoms with Crippen LogP contribution in [0.2, 0.25) is 0 Å². The van der Waals surface area contributed by atoms with Crippen LogP contribution in [0.3, 0.4) is 0 Å². The van der Waals surface area contributed by atoms with Gasteiger partial charge in [0.2, 0.25) is 0 Å². The molecule has 0 bridgehead atoms. The Kier molecular flexibility index (Phi) is 4.42. The summed E-state index contributed by atoms with van der Waals surface area (Å²) in [5.41, 5.74) is 5.67. The van der Waals surface area contributed by atoms with Crippen LogP contribution in [0.15, 0.2) is 18.2 Å². The molecule has 0 amide bonds. The molecule has 0 fully saturated rings. The van der Waals surface area contributed by atoms with E-state index < -0.39 is 11.6 Å². The molecule has 0 saturated carbocycles. The van der Waals surface area contributed by atoms with Gasteiger partial charge in [-0.25, -0.2) is 4.79 Å². The third-order valence-corrected chi connectivity index (χ3v) is 1.98. The Morgan fingerprint density at radius 1 is 1.33 bits per heavy atom. The van der Waals surface area contributed by atoms with Gasteiger partial charge in [0.1, 0.15) is 17.1 Å². The average Bonchev–Trinajstić information content (AvgIpc) is 2.25. The molecule has 0 unspecified atom stereocenters. The van der Waals surface area contributed by atoms with E-state index in [0.29, 0.717) is 17.2 Å². The maximum Gasteiger partial charge on any atom is 0.344 e. The molecule has 0 saturated heterocycles. The zero-order valence-electron chi connectivity index (χ0n) is 11.1. The highest BCUT2D eigenvalue weighted by molar-refractivity contribution is 5.71. The average molecular weight is 253 g/mol. The summed E-state index contributed by atoms with van der Waals surface area (Å²) in [7, 11) is 1.52. The van der Waals surface area contributed by atoms with Crippen LogP contribution in [0.5, 0.6) is 11.5 Å². The first-order valence-corrected chi connectivity index (χ1v) is 5.60. The second-order valence-electron chi connectivity index (χ2n) is 4.78. The summed E-state index contributed by atoms with van der Waals surface area (Å²) in [5.74, 6) is 0.599. The first-order valence-electron chi connectivity index (χ1n) is 5.60. The van der Waals surface area contributed by atoms with E-state index in [2.05, 4.69) is 0 Å². The summed E-state index contributed by atoms with van der Waals surface area (Å²) in [5, 5.41) is 0. The number of esters is 1. The fourth-order valence-corrected chi connectivity index (χ4v) is 1.29. The van der Waals surface area contributed by atoms with Crippen LogP contribution in [0, 0.1) is 0 Å². The van der Waals surface area contributed by atoms with Gasteiger partial charge >= 0.3 is 5.97 Å². The van der Waals surface area contributed by atoms with E-state index >= 15 is 0 Å². The van der Waals surface area contributed by atoms with Crippen molar-refractivity contribution in [2.75, 3.05) is 19.5 Å². The lowest BCUT2D eigenvalue weighted by Crippen LogP contribution is -2.27. The molecule has 1 aromatic rings. The van der Waals surface area contributed by atoms with Crippen molar-refractivity contribution in [3.05, 3.63) is 18.2 Å².